The van der Waals surface area contributed by atoms with Gasteiger partial charge in [-0.1, -0.05) is 6.92 Å². The average Bonchev–Trinajstić information content (AvgIpc) is 2.33. The molecule has 18 heavy (non-hydrogen) atoms. The molecule has 0 aliphatic heterocycles. The van der Waals surface area contributed by atoms with Crippen molar-refractivity contribution < 1.29 is 14.2 Å². The van der Waals surface area contributed by atoms with Gasteiger partial charge in [0.2, 0.25) is 11.8 Å². The first-order valence-electron chi connectivity index (χ1n) is 6.12. The van der Waals surface area contributed by atoms with Crippen molar-refractivity contribution in [3.63, 3.8) is 0 Å². The number of nitrogen functional groups attached to an aromatic ring is 1. The van der Waals surface area contributed by atoms with E-state index in [9.17, 15) is 0 Å². The largest absolute Gasteiger partial charge is 0.474 e. The summed E-state index contributed by atoms with van der Waals surface area (Å²) in [5.41, 5.74) is 6.18. The Kier molecular flexibility index (Phi) is 6.21. The minimum absolute atomic E-state index is 0.00272. The highest BCUT2D eigenvalue weighted by Gasteiger charge is 2.11. The van der Waals surface area contributed by atoms with Gasteiger partial charge in [0.05, 0.1) is 12.7 Å². The molecule has 0 spiro atoms. The van der Waals surface area contributed by atoms with Crippen LogP contribution in [0.4, 0.5) is 5.69 Å². The summed E-state index contributed by atoms with van der Waals surface area (Å²) in [4.78, 5) is 7.94. The molecule has 0 aromatic carbocycles. The van der Waals surface area contributed by atoms with Crippen molar-refractivity contribution in [2.75, 3.05) is 25.6 Å². The Balaban J connectivity index is 2.50. The molecule has 2 N–H and O–H groups in total. The molecule has 0 amide bonds. The van der Waals surface area contributed by atoms with Crippen molar-refractivity contribution >= 4 is 5.69 Å². The van der Waals surface area contributed by atoms with Crippen molar-refractivity contribution in [3.05, 3.63) is 6.33 Å². The number of nitrogens with zero attached hydrogens (tertiary/aromatic N) is 2. The zero-order valence-electron chi connectivity index (χ0n) is 11.2. The van der Waals surface area contributed by atoms with E-state index in [0.29, 0.717) is 30.7 Å². The SMILES string of the molecule is CCCOCCOc1ncnc(OC(C)C)c1N. The highest BCUT2D eigenvalue weighted by Crippen LogP contribution is 2.27. The summed E-state index contributed by atoms with van der Waals surface area (Å²) in [6.07, 6.45) is 2.36. The van der Waals surface area contributed by atoms with Crippen LogP contribution in [0, 0.1) is 0 Å². The molecule has 0 saturated carbocycles. The predicted molar refractivity (Wildman–Crippen MR) is 68.8 cm³/mol. The van der Waals surface area contributed by atoms with E-state index in [1.54, 1.807) is 0 Å². The summed E-state index contributed by atoms with van der Waals surface area (Å²) < 4.78 is 16.2. The molecular weight excluding hydrogens is 234 g/mol. The maximum absolute atomic E-state index is 5.86. The van der Waals surface area contributed by atoms with E-state index < -0.39 is 0 Å². The fourth-order valence-corrected chi connectivity index (χ4v) is 1.24. The smallest absolute Gasteiger partial charge is 0.244 e. The van der Waals surface area contributed by atoms with Gasteiger partial charge < -0.3 is 19.9 Å². The summed E-state index contributed by atoms with van der Waals surface area (Å²) >= 11 is 0. The average molecular weight is 255 g/mol. The van der Waals surface area contributed by atoms with E-state index in [1.165, 1.54) is 6.33 Å². The third-order valence-corrected chi connectivity index (χ3v) is 1.97. The molecule has 0 atom stereocenters. The third kappa shape index (κ3) is 4.75. The van der Waals surface area contributed by atoms with Crippen molar-refractivity contribution in [3.8, 4) is 11.8 Å². The van der Waals surface area contributed by atoms with Gasteiger partial charge in [-0.3, -0.25) is 0 Å². The third-order valence-electron chi connectivity index (χ3n) is 1.97. The molecular formula is C12H21N3O3. The molecule has 1 rings (SSSR count). The van der Waals surface area contributed by atoms with Crippen molar-refractivity contribution in [1.29, 1.82) is 0 Å². The van der Waals surface area contributed by atoms with Crippen LogP contribution in [-0.2, 0) is 4.74 Å². The molecule has 0 saturated heterocycles. The van der Waals surface area contributed by atoms with Crippen molar-refractivity contribution in [1.82, 2.24) is 9.97 Å². The Morgan fingerprint density at radius 2 is 1.89 bits per heavy atom. The standard InChI is InChI=1S/C12H21N3O3/c1-4-5-16-6-7-17-11-10(13)12(15-8-14-11)18-9(2)3/h8-9H,4-7,13H2,1-3H3. The summed E-state index contributed by atoms with van der Waals surface area (Å²) in [7, 11) is 0. The van der Waals surface area contributed by atoms with Gasteiger partial charge in [0.25, 0.3) is 0 Å². The molecule has 102 valence electrons. The topological polar surface area (TPSA) is 79.5 Å². The molecule has 0 unspecified atom stereocenters. The zero-order chi connectivity index (χ0) is 13.4. The number of aromatic nitrogens is 2. The Hall–Kier alpha value is -1.56. The molecule has 6 nitrogen and oxygen atoms in total. The van der Waals surface area contributed by atoms with Gasteiger partial charge in [0.1, 0.15) is 12.9 Å². The molecule has 0 aliphatic rings. The van der Waals surface area contributed by atoms with Crippen molar-refractivity contribution in [2.45, 2.75) is 33.3 Å². The zero-order valence-corrected chi connectivity index (χ0v) is 11.2. The van der Waals surface area contributed by atoms with Crippen LogP contribution in [0.2, 0.25) is 0 Å². The molecule has 1 aromatic heterocycles. The summed E-state index contributed by atoms with van der Waals surface area (Å²) in [5, 5.41) is 0. The molecule has 0 bridgehead atoms. The van der Waals surface area contributed by atoms with Crippen LogP contribution >= 0.6 is 0 Å². The number of ether oxygens (including phenoxy) is 3. The fraction of sp³-hybridized carbons (Fsp3) is 0.667. The minimum atomic E-state index is 0.00272. The van der Waals surface area contributed by atoms with E-state index in [4.69, 9.17) is 19.9 Å². The molecule has 1 heterocycles. The van der Waals surface area contributed by atoms with Crippen LogP contribution in [0.1, 0.15) is 27.2 Å². The van der Waals surface area contributed by atoms with Crippen LogP contribution in [0.3, 0.4) is 0 Å². The predicted octanol–water partition coefficient (Wildman–Crippen LogP) is 1.65. The Labute approximate surface area is 107 Å². The van der Waals surface area contributed by atoms with Crippen LogP contribution in [0.5, 0.6) is 11.8 Å². The lowest BCUT2D eigenvalue weighted by Gasteiger charge is -2.13. The van der Waals surface area contributed by atoms with E-state index in [-0.39, 0.29) is 6.10 Å². The molecule has 6 heteroatoms. The lowest BCUT2D eigenvalue weighted by atomic mass is 10.4. The fourth-order valence-electron chi connectivity index (χ4n) is 1.24. The first-order valence-corrected chi connectivity index (χ1v) is 6.12. The van der Waals surface area contributed by atoms with Gasteiger partial charge in [-0.25, -0.2) is 0 Å². The highest BCUT2D eigenvalue weighted by molar-refractivity contribution is 5.55. The monoisotopic (exact) mass is 255 g/mol. The second-order valence-corrected chi connectivity index (χ2v) is 4.03. The second kappa shape index (κ2) is 7.71. The highest BCUT2D eigenvalue weighted by atomic mass is 16.5. The number of nitrogens with two attached hydrogens (primary N) is 1. The Morgan fingerprint density at radius 1 is 1.17 bits per heavy atom. The van der Waals surface area contributed by atoms with Crippen LogP contribution in [-0.4, -0.2) is 35.9 Å². The lowest BCUT2D eigenvalue weighted by Crippen LogP contribution is -2.12. The van der Waals surface area contributed by atoms with Gasteiger partial charge in [0.15, 0.2) is 5.69 Å². The molecule has 0 radical (unpaired) electrons. The molecule has 0 aliphatic carbocycles. The normalized spacial score (nSPS) is 10.7. The maximum atomic E-state index is 5.86. The lowest BCUT2D eigenvalue weighted by molar-refractivity contribution is 0.0990. The first-order chi connectivity index (χ1) is 8.65. The van der Waals surface area contributed by atoms with Crippen LogP contribution in [0.15, 0.2) is 6.33 Å². The van der Waals surface area contributed by atoms with Gasteiger partial charge in [-0.05, 0) is 20.3 Å². The second-order valence-electron chi connectivity index (χ2n) is 4.03. The minimum Gasteiger partial charge on any atom is -0.474 e. The Morgan fingerprint density at radius 3 is 2.56 bits per heavy atom. The van der Waals surface area contributed by atoms with Crippen LogP contribution in [0.25, 0.3) is 0 Å². The van der Waals surface area contributed by atoms with Crippen LogP contribution < -0.4 is 15.2 Å². The van der Waals surface area contributed by atoms with E-state index in [1.807, 2.05) is 13.8 Å². The van der Waals surface area contributed by atoms with E-state index in [0.717, 1.165) is 13.0 Å². The maximum Gasteiger partial charge on any atom is 0.244 e. The number of hydrogen-bond donors (Lipinski definition) is 1. The van der Waals surface area contributed by atoms with E-state index >= 15 is 0 Å². The first kappa shape index (κ1) is 14.5. The Bertz CT molecular complexity index is 358. The summed E-state index contributed by atoms with van der Waals surface area (Å²) in [5.74, 6) is 0.685. The number of anilines is 1. The summed E-state index contributed by atoms with van der Waals surface area (Å²) in [6, 6.07) is 0. The van der Waals surface area contributed by atoms with Gasteiger partial charge in [-0.2, -0.15) is 9.97 Å². The molecule has 0 fully saturated rings. The summed E-state index contributed by atoms with van der Waals surface area (Å²) in [6.45, 7) is 7.50. The number of hydrogen-bond acceptors (Lipinski definition) is 6. The molecule has 1 aromatic rings. The van der Waals surface area contributed by atoms with Gasteiger partial charge in [-0.15, -0.1) is 0 Å². The number of rotatable bonds is 8. The van der Waals surface area contributed by atoms with Gasteiger partial charge in [0, 0.05) is 6.61 Å². The quantitative estimate of drug-likeness (QED) is 0.711. The van der Waals surface area contributed by atoms with Gasteiger partial charge >= 0.3 is 0 Å². The van der Waals surface area contributed by atoms with Crippen molar-refractivity contribution in [2.24, 2.45) is 0 Å². The van der Waals surface area contributed by atoms with E-state index in [2.05, 4.69) is 16.9 Å².